The lowest BCUT2D eigenvalue weighted by atomic mass is 9.95. The number of amides is 1. The van der Waals surface area contributed by atoms with Gasteiger partial charge in [-0.25, -0.2) is 0 Å². The minimum absolute atomic E-state index is 0.0900. The molecule has 0 aliphatic carbocycles. The monoisotopic (exact) mass is 366 g/mol. The molecule has 2 heterocycles. The average molecular weight is 366 g/mol. The quantitative estimate of drug-likeness (QED) is 0.868. The molecular formula is C20H26N6O. The van der Waals surface area contributed by atoms with E-state index in [0.717, 1.165) is 37.3 Å². The maximum Gasteiger partial charge on any atom is 0.221 e. The number of carbonyl (C=O) groups is 1. The molecule has 27 heavy (non-hydrogen) atoms. The fourth-order valence-corrected chi connectivity index (χ4v) is 3.67. The van der Waals surface area contributed by atoms with Gasteiger partial charge in [0.2, 0.25) is 5.91 Å². The molecule has 1 N–H and O–H groups in total. The number of anilines is 1. The molecule has 1 aromatic heterocycles. The molecule has 1 aliphatic rings. The van der Waals surface area contributed by atoms with Gasteiger partial charge in [0.1, 0.15) is 17.1 Å². The molecule has 1 aromatic carbocycles. The van der Waals surface area contributed by atoms with Crippen LogP contribution in [0.3, 0.4) is 0 Å². The molecule has 7 nitrogen and oxygen atoms in total. The molecule has 0 spiro atoms. The number of hydrogen-bond donors (Lipinski definition) is 1. The minimum atomic E-state index is 0.0900. The van der Waals surface area contributed by atoms with Crippen LogP contribution >= 0.6 is 0 Å². The summed E-state index contributed by atoms with van der Waals surface area (Å²) in [5, 5.41) is 12.5. The number of nitrogens with zero attached hydrogens (tertiary/aromatic N) is 5. The van der Waals surface area contributed by atoms with Crippen LogP contribution in [0.2, 0.25) is 0 Å². The summed E-state index contributed by atoms with van der Waals surface area (Å²) < 4.78 is 0. The zero-order chi connectivity index (χ0) is 19.4. The first kappa shape index (κ1) is 19.1. The second kappa shape index (κ2) is 8.31. The summed E-state index contributed by atoms with van der Waals surface area (Å²) in [5.41, 5.74) is 2.86. The highest BCUT2D eigenvalue weighted by molar-refractivity contribution is 5.92. The van der Waals surface area contributed by atoms with E-state index in [0.29, 0.717) is 23.4 Å². The van der Waals surface area contributed by atoms with Crippen molar-refractivity contribution in [2.45, 2.75) is 25.8 Å². The predicted octanol–water partition coefficient (Wildman–Crippen LogP) is 1.78. The molecule has 1 amide bonds. The summed E-state index contributed by atoms with van der Waals surface area (Å²) in [4.78, 5) is 25.3. The largest absolute Gasteiger partial charge is 0.367 e. The molecule has 7 heteroatoms. The molecule has 1 saturated heterocycles. The van der Waals surface area contributed by atoms with Crippen molar-refractivity contribution in [1.29, 1.82) is 5.26 Å². The van der Waals surface area contributed by atoms with E-state index in [2.05, 4.69) is 33.2 Å². The molecule has 0 radical (unpaired) electrons. The van der Waals surface area contributed by atoms with Crippen LogP contribution in [0.5, 0.6) is 0 Å². The van der Waals surface area contributed by atoms with Crippen molar-refractivity contribution in [3.63, 3.8) is 0 Å². The standard InChI is InChI=1S/C20H26N6O/c1-14-10-16(24-18(27)6-9-25(2)3)13-26(12-14)17-5-4-15(11-21)19-20(17)23-8-7-22-19/h4-5,7-8,14,16H,6,9-10,12-13H2,1-3H3,(H,24,27)/t14-,16+/m0/s1. The highest BCUT2D eigenvalue weighted by Gasteiger charge is 2.27. The van der Waals surface area contributed by atoms with Crippen LogP contribution in [0.15, 0.2) is 24.5 Å². The lowest BCUT2D eigenvalue weighted by Gasteiger charge is -2.38. The van der Waals surface area contributed by atoms with Crippen molar-refractivity contribution in [2.75, 3.05) is 38.6 Å². The molecule has 2 atom stereocenters. The van der Waals surface area contributed by atoms with E-state index >= 15 is 0 Å². The Morgan fingerprint density at radius 2 is 2.04 bits per heavy atom. The first-order valence-electron chi connectivity index (χ1n) is 9.30. The van der Waals surface area contributed by atoms with Gasteiger partial charge < -0.3 is 15.1 Å². The van der Waals surface area contributed by atoms with E-state index in [9.17, 15) is 10.1 Å². The second-order valence-corrected chi connectivity index (χ2v) is 7.56. The normalized spacial score (nSPS) is 19.9. The number of fused-ring (bicyclic) bond motifs is 1. The van der Waals surface area contributed by atoms with Crippen LogP contribution in [0.1, 0.15) is 25.3 Å². The summed E-state index contributed by atoms with van der Waals surface area (Å²) in [7, 11) is 3.93. The Hall–Kier alpha value is -2.72. The molecule has 2 aromatic rings. The van der Waals surface area contributed by atoms with Gasteiger partial charge in [0.15, 0.2) is 0 Å². The van der Waals surface area contributed by atoms with E-state index < -0.39 is 0 Å². The van der Waals surface area contributed by atoms with Gasteiger partial charge in [-0.2, -0.15) is 5.26 Å². The van der Waals surface area contributed by atoms with Crippen LogP contribution < -0.4 is 10.2 Å². The van der Waals surface area contributed by atoms with Gasteiger partial charge >= 0.3 is 0 Å². The van der Waals surface area contributed by atoms with Crippen LogP contribution in [0, 0.1) is 17.2 Å². The number of benzene rings is 1. The Balaban J connectivity index is 1.80. The molecule has 0 saturated carbocycles. The van der Waals surface area contributed by atoms with Gasteiger partial charge in [0, 0.05) is 44.5 Å². The molecule has 0 unspecified atom stereocenters. The van der Waals surface area contributed by atoms with Gasteiger partial charge in [-0.15, -0.1) is 0 Å². The van der Waals surface area contributed by atoms with Crippen LogP contribution in [-0.4, -0.2) is 60.5 Å². The Morgan fingerprint density at radius 3 is 2.74 bits per heavy atom. The third kappa shape index (κ3) is 4.52. The Morgan fingerprint density at radius 1 is 1.30 bits per heavy atom. The Kier molecular flexibility index (Phi) is 5.87. The maximum absolute atomic E-state index is 12.2. The van der Waals surface area contributed by atoms with Gasteiger partial charge in [-0.05, 0) is 38.6 Å². The second-order valence-electron chi connectivity index (χ2n) is 7.56. The summed E-state index contributed by atoms with van der Waals surface area (Å²) in [6.45, 7) is 4.56. The molecule has 1 fully saturated rings. The summed E-state index contributed by atoms with van der Waals surface area (Å²) in [5.74, 6) is 0.535. The molecule has 142 valence electrons. The molecular weight excluding hydrogens is 340 g/mol. The summed E-state index contributed by atoms with van der Waals surface area (Å²) in [6, 6.07) is 6.03. The van der Waals surface area contributed by atoms with Crippen molar-refractivity contribution in [3.8, 4) is 6.07 Å². The van der Waals surface area contributed by atoms with Crippen molar-refractivity contribution < 1.29 is 4.79 Å². The fourth-order valence-electron chi connectivity index (χ4n) is 3.67. The first-order chi connectivity index (χ1) is 13.0. The lowest BCUT2D eigenvalue weighted by molar-refractivity contribution is -0.122. The zero-order valence-electron chi connectivity index (χ0n) is 16.1. The highest BCUT2D eigenvalue weighted by Crippen LogP contribution is 2.30. The third-order valence-electron chi connectivity index (χ3n) is 4.88. The number of nitriles is 1. The van der Waals surface area contributed by atoms with E-state index in [4.69, 9.17) is 0 Å². The number of carbonyl (C=O) groups excluding carboxylic acids is 1. The Bertz CT molecular complexity index is 859. The topological polar surface area (TPSA) is 85.2 Å². The van der Waals surface area contributed by atoms with E-state index in [1.54, 1.807) is 18.5 Å². The molecule has 3 rings (SSSR count). The van der Waals surface area contributed by atoms with Crippen molar-refractivity contribution in [2.24, 2.45) is 5.92 Å². The Labute approximate surface area is 160 Å². The minimum Gasteiger partial charge on any atom is -0.367 e. The number of aromatic nitrogens is 2. The van der Waals surface area contributed by atoms with Gasteiger partial charge in [0.05, 0.1) is 11.3 Å². The zero-order valence-corrected chi connectivity index (χ0v) is 16.1. The number of nitrogens with one attached hydrogen (secondary N) is 1. The predicted molar refractivity (Wildman–Crippen MR) is 105 cm³/mol. The van der Waals surface area contributed by atoms with Crippen LogP contribution in [0.4, 0.5) is 5.69 Å². The number of rotatable bonds is 5. The SMILES string of the molecule is C[C@H]1C[C@@H](NC(=O)CCN(C)C)CN(c2ccc(C#N)c3nccnc23)C1. The average Bonchev–Trinajstić information content (AvgIpc) is 2.65. The summed E-state index contributed by atoms with van der Waals surface area (Å²) in [6.07, 6.45) is 4.73. The first-order valence-corrected chi connectivity index (χ1v) is 9.30. The molecule has 0 bridgehead atoms. The number of piperidine rings is 1. The van der Waals surface area contributed by atoms with Gasteiger partial charge in [-0.3, -0.25) is 14.8 Å². The van der Waals surface area contributed by atoms with Crippen molar-refractivity contribution in [3.05, 3.63) is 30.1 Å². The summed E-state index contributed by atoms with van der Waals surface area (Å²) >= 11 is 0. The highest BCUT2D eigenvalue weighted by atomic mass is 16.1. The van der Waals surface area contributed by atoms with E-state index in [1.807, 2.05) is 25.1 Å². The van der Waals surface area contributed by atoms with Gasteiger partial charge in [-0.1, -0.05) is 6.92 Å². The maximum atomic E-state index is 12.2. The van der Waals surface area contributed by atoms with Crippen molar-refractivity contribution >= 4 is 22.6 Å². The third-order valence-corrected chi connectivity index (χ3v) is 4.88. The number of hydrogen-bond acceptors (Lipinski definition) is 6. The van der Waals surface area contributed by atoms with E-state index in [1.165, 1.54) is 0 Å². The van der Waals surface area contributed by atoms with Crippen LogP contribution in [0.25, 0.3) is 11.0 Å². The van der Waals surface area contributed by atoms with Crippen molar-refractivity contribution in [1.82, 2.24) is 20.2 Å². The smallest absolute Gasteiger partial charge is 0.221 e. The van der Waals surface area contributed by atoms with Gasteiger partial charge in [0.25, 0.3) is 0 Å². The van der Waals surface area contributed by atoms with E-state index in [-0.39, 0.29) is 11.9 Å². The van der Waals surface area contributed by atoms with Crippen LogP contribution in [-0.2, 0) is 4.79 Å². The molecule has 1 aliphatic heterocycles. The lowest BCUT2D eigenvalue weighted by Crippen LogP contribution is -2.50. The fraction of sp³-hybridized carbons (Fsp3) is 0.500.